The van der Waals surface area contributed by atoms with Crippen molar-refractivity contribution in [1.82, 2.24) is 0 Å². The zero-order valence-corrected chi connectivity index (χ0v) is 22.4. The van der Waals surface area contributed by atoms with Crippen LogP contribution in [-0.4, -0.2) is 25.9 Å². The second kappa shape index (κ2) is 15.9. The number of hydrogen-bond donors (Lipinski definition) is 0. The van der Waals surface area contributed by atoms with Crippen LogP contribution in [0.25, 0.3) is 0 Å². The second-order valence-corrected chi connectivity index (χ2v) is 9.30. The Morgan fingerprint density at radius 1 is 0.636 bits per heavy atom. The monoisotopic (exact) mass is 562 g/mol. The second-order valence-electron chi connectivity index (χ2n) is 6.54. The fraction of sp³-hybridized carbons (Fsp3) is 0.167. The van der Waals surface area contributed by atoms with E-state index in [1.807, 2.05) is 38.2 Å². The molecular formula is C24H24O6S2Zr-2. The summed E-state index contributed by atoms with van der Waals surface area (Å²) in [5, 5.41) is 0. The van der Waals surface area contributed by atoms with Crippen molar-refractivity contribution in [2.24, 2.45) is 0 Å². The Labute approximate surface area is 216 Å². The molecule has 0 aromatic heterocycles. The van der Waals surface area contributed by atoms with Gasteiger partial charge in [0.1, 0.15) is 20.2 Å². The van der Waals surface area contributed by atoms with Crippen LogP contribution in [0.5, 0.6) is 0 Å². The maximum atomic E-state index is 10.4. The SMILES string of the molecule is Cc1ccc(S(=O)(=O)[O-])cc1.Cc1ccc(S(=O)(=O)[O-])cc1.[C-]1=CC=CC1.[C-]1=CC=CC1.[Zr+2]. The summed E-state index contributed by atoms with van der Waals surface area (Å²) in [5.74, 6) is 0. The molecule has 2 aliphatic rings. The van der Waals surface area contributed by atoms with Crippen molar-refractivity contribution in [3.63, 3.8) is 0 Å². The van der Waals surface area contributed by atoms with Gasteiger partial charge >= 0.3 is 26.2 Å². The molecule has 0 fully saturated rings. The molecule has 2 aliphatic carbocycles. The molecule has 174 valence electrons. The van der Waals surface area contributed by atoms with Crippen LogP contribution in [0.4, 0.5) is 0 Å². The van der Waals surface area contributed by atoms with Gasteiger partial charge in [-0.3, -0.25) is 12.2 Å². The van der Waals surface area contributed by atoms with Crippen molar-refractivity contribution in [3.05, 3.63) is 108 Å². The maximum Gasteiger partial charge on any atom is 2.00 e. The Morgan fingerprint density at radius 2 is 0.939 bits per heavy atom. The molecule has 2 aromatic carbocycles. The standard InChI is InChI=1S/2C7H8O3S.2C5H5.Zr/c2*1-6-2-4-7(5-3-6)11(8,9)10;2*1-2-4-5-3-1;/h2*2-5H,1H3,(H,8,9,10);2*1-3H,4H2;/q;;2*-1;+2/p-2. The minimum absolute atomic E-state index is 0. The molecule has 6 nitrogen and oxygen atoms in total. The third-order valence-corrected chi connectivity index (χ3v) is 5.49. The van der Waals surface area contributed by atoms with Gasteiger partial charge in [0.15, 0.2) is 0 Å². The van der Waals surface area contributed by atoms with Crippen molar-refractivity contribution in [2.45, 2.75) is 36.5 Å². The van der Waals surface area contributed by atoms with Gasteiger partial charge in [-0.05, 0) is 38.1 Å². The topological polar surface area (TPSA) is 114 Å². The van der Waals surface area contributed by atoms with E-state index in [-0.39, 0.29) is 36.0 Å². The van der Waals surface area contributed by atoms with Gasteiger partial charge < -0.3 is 9.11 Å². The predicted octanol–water partition coefficient (Wildman–Crippen LogP) is 4.41. The first-order chi connectivity index (χ1) is 15.0. The van der Waals surface area contributed by atoms with Crippen molar-refractivity contribution in [3.8, 4) is 0 Å². The molecule has 0 unspecified atom stereocenters. The summed E-state index contributed by atoms with van der Waals surface area (Å²) in [6.45, 7) is 3.64. The van der Waals surface area contributed by atoms with Crippen molar-refractivity contribution >= 4 is 20.2 Å². The molecule has 4 rings (SSSR count). The number of hydrogen-bond acceptors (Lipinski definition) is 6. The predicted molar refractivity (Wildman–Crippen MR) is 121 cm³/mol. The van der Waals surface area contributed by atoms with Gasteiger partial charge in [-0.25, -0.2) is 41.1 Å². The Bertz CT molecular complexity index is 1040. The largest absolute Gasteiger partial charge is 2.00 e. The van der Waals surface area contributed by atoms with Crippen LogP contribution in [0, 0.1) is 26.0 Å². The van der Waals surface area contributed by atoms with E-state index in [1.165, 1.54) is 24.3 Å². The molecule has 0 bridgehead atoms. The summed E-state index contributed by atoms with van der Waals surface area (Å²) in [6, 6.07) is 11.6. The maximum absolute atomic E-state index is 10.4. The van der Waals surface area contributed by atoms with E-state index in [0.29, 0.717) is 0 Å². The Morgan fingerprint density at radius 3 is 1.09 bits per heavy atom. The molecule has 0 aliphatic heterocycles. The van der Waals surface area contributed by atoms with Crippen LogP contribution in [0.1, 0.15) is 24.0 Å². The Kier molecular flexibility index (Phi) is 14.9. The van der Waals surface area contributed by atoms with E-state index in [0.717, 1.165) is 24.0 Å². The molecule has 33 heavy (non-hydrogen) atoms. The first kappa shape index (κ1) is 31.1. The summed E-state index contributed by atoms with van der Waals surface area (Å²) in [7, 11) is -8.54. The van der Waals surface area contributed by atoms with Crippen LogP contribution >= 0.6 is 0 Å². The summed E-state index contributed by atoms with van der Waals surface area (Å²) < 4.78 is 62.3. The fourth-order valence-electron chi connectivity index (χ4n) is 2.09. The minimum Gasteiger partial charge on any atom is -0.744 e. The third kappa shape index (κ3) is 14.8. The first-order valence-electron chi connectivity index (χ1n) is 9.49. The van der Waals surface area contributed by atoms with Crippen LogP contribution in [0.3, 0.4) is 0 Å². The quantitative estimate of drug-likeness (QED) is 0.395. The van der Waals surface area contributed by atoms with Crippen LogP contribution in [0.2, 0.25) is 0 Å². The third-order valence-electron chi connectivity index (χ3n) is 3.79. The molecule has 0 N–H and O–H groups in total. The molecule has 9 heteroatoms. The van der Waals surface area contributed by atoms with Gasteiger partial charge in [0.25, 0.3) is 0 Å². The summed E-state index contributed by atoms with van der Waals surface area (Å²) in [6.07, 6.45) is 20.0. The molecule has 0 radical (unpaired) electrons. The Hall–Kier alpha value is -1.90. The van der Waals surface area contributed by atoms with Gasteiger partial charge in [0.2, 0.25) is 0 Å². The van der Waals surface area contributed by atoms with Crippen molar-refractivity contribution in [1.29, 1.82) is 0 Å². The van der Waals surface area contributed by atoms with Gasteiger partial charge in [-0.15, -0.1) is 12.8 Å². The average Bonchev–Trinajstić information content (AvgIpc) is 3.47. The van der Waals surface area contributed by atoms with E-state index in [2.05, 4.69) is 24.3 Å². The first-order valence-corrected chi connectivity index (χ1v) is 12.3. The molecule has 0 atom stereocenters. The van der Waals surface area contributed by atoms with Gasteiger partial charge in [0, 0.05) is 0 Å². The Balaban J connectivity index is 0.000000434. The van der Waals surface area contributed by atoms with Gasteiger partial charge in [-0.1, -0.05) is 35.4 Å². The fourth-order valence-corrected chi connectivity index (χ4v) is 3.03. The minimum atomic E-state index is -4.27. The number of aryl methyl sites for hydroxylation is 2. The molecular weight excluding hydrogens is 540 g/mol. The molecule has 0 saturated carbocycles. The number of benzene rings is 2. The summed E-state index contributed by atoms with van der Waals surface area (Å²) in [4.78, 5) is -0.355. The zero-order chi connectivity index (χ0) is 24.0. The number of allylic oxidation sites excluding steroid dienone is 8. The van der Waals surface area contributed by atoms with E-state index in [4.69, 9.17) is 0 Å². The van der Waals surface area contributed by atoms with Crippen LogP contribution < -0.4 is 0 Å². The number of rotatable bonds is 2. The molecule has 0 saturated heterocycles. The van der Waals surface area contributed by atoms with Gasteiger partial charge in [-0.2, -0.15) is 12.2 Å². The van der Waals surface area contributed by atoms with E-state index < -0.39 is 20.2 Å². The van der Waals surface area contributed by atoms with E-state index in [1.54, 1.807) is 24.3 Å². The smallest absolute Gasteiger partial charge is 0.744 e. The molecule has 0 heterocycles. The summed E-state index contributed by atoms with van der Waals surface area (Å²) in [5.41, 5.74) is 1.86. The van der Waals surface area contributed by atoms with E-state index >= 15 is 0 Å². The normalized spacial score (nSPS) is 13.0. The van der Waals surface area contributed by atoms with Crippen molar-refractivity contribution in [2.75, 3.05) is 0 Å². The summed E-state index contributed by atoms with van der Waals surface area (Å²) >= 11 is 0. The van der Waals surface area contributed by atoms with Gasteiger partial charge in [0.05, 0.1) is 9.79 Å². The van der Waals surface area contributed by atoms with Crippen molar-refractivity contribution < 1.29 is 52.1 Å². The van der Waals surface area contributed by atoms with Crippen LogP contribution in [-0.2, 0) is 46.4 Å². The molecule has 0 amide bonds. The van der Waals surface area contributed by atoms with Crippen LogP contribution in [0.15, 0.2) is 94.8 Å². The molecule has 2 aromatic rings. The average molecular weight is 564 g/mol. The zero-order valence-electron chi connectivity index (χ0n) is 18.3. The molecule has 0 spiro atoms. The van der Waals surface area contributed by atoms with E-state index in [9.17, 15) is 25.9 Å².